The van der Waals surface area contributed by atoms with Gasteiger partial charge in [-0.2, -0.15) is 0 Å². The lowest BCUT2D eigenvalue weighted by Gasteiger charge is -2.11. The fourth-order valence-corrected chi connectivity index (χ4v) is 3.20. The molecule has 0 amide bonds. The lowest BCUT2D eigenvalue weighted by atomic mass is 10.1. The summed E-state index contributed by atoms with van der Waals surface area (Å²) in [4.78, 5) is 12.5. The number of nitrogens with one attached hydrogen (secondary N) is 2. The maximum Gasteiger partial charge on any atom is 0.180 e. The van der Waals surface area contributed by atoms with Gasteiger partial charge in [-0.3, -0.25) is 0 Å². The number of imidazole rings is 1. The van der Waals surface area contributed by atoms with Crippen LogP contribution in [0.5, 0.6) is 5.75 Å². The molecule has 0 bridgehead atoms. The Morgan fingerprint density at radius 2 is 2.07 bits per heavy atom. The molecule has 27 heavy (non-hydrogen) atoms. The highest BCUT2D eigenvalue weighted by molar-refractivity contribution is 5.84. The van der Waals surface area contributed by atoms with E-state index in [0.29, 0.717) is 5.82 Å². The molecule has 6 nitrogen and oxygen atoms in total. The summed E-state index contributed by atoms with van der Waals surface area (Å²) < 4.78 is 7.28. The van der Waals surface area contributed by atoms with Crippen molar-refractivity contribution in [3.63, 3.8) is 0 Å². The van der Waals surface area contributed by atoms with Gasteiger partial charge in [0.1, 0.15) is 5.75 Å². The topological polar surface area (TPSA) is 67.2 Å². The third-order valence-corrected chi connectivity index (χ3v) is 4.56. The number of nitrogens with zero attached hydrogens (tertiary/aromatic N) is 3. The number of ether oxygens (including phenoxy) is 1. The summed E-state index contributed by atoms with van der Waals surface area (Å²) in [7, 11) is 1.65. The van der Waals surface area contributed by atoms with E-state index in [9.17, 15) is 0 Å². The number of hydrogen-bond acceptors (Lipinski definition) is 4. The molecule has 0 unspecified atom stereocenters. The van der Waals surface area contributed by atoms with Gasteiger partial charge in [0.15, 0.2) is 11.5 Å². The molecule has 0 atom stereocenters. The van der Waals surface area contributed by atoms with Crippen molar-refractivity contribution in [1.29, 1.82) is 0 Å². The van der Waals surface area contributed by atoms with Crippen LogP contribution in [0.2, 0.25) is 0 Å². The highest BCUT2D eigenvalue weighted by Crippen LogP contribution is 2.27. The summed E-state index contributed by atoms with van der Waals surface area (Å²) in [5.41, 5.74) is 4.64. The maximum absolute atomic E-state index is 5.31. The van der Waals surface area contributed by atoms with E-state index in [0.717, 1.165) is 33.9 Å². The van der Waals surface area contributed by atoms with Crippen molar-refractivity contribution >= 4 is 28.1 Å². The van der Waals surface area contributed by atoms with Crippen molar-refractivity contribution in [1.82, 2.24) is 19.4 Å². The molecule has 0 saturated heterocycles. The summed E-state index contributed by atoms with van der Waals surface area (Å²) in [6.07, 6.45) is 7.62. The van der Waals surface area contributed by atoms with Gasteiger partial charge in [0, 0.05) is 47.6 Å². The average Bonchev–Trinajstić information content (AvgIpc) is 3.36. The molecule has 0 saturated carbocycles. The third-order valence-electron chi connectivity index (χ3n) is 4.56. The summed E-state index contributed by atoms with van der Waals surface area (Å²) in [5, 5.41) is 4.55. The fourth-order valence-electron chi connectivity index (χ4n) is 3.20. The van der Waals surface area contributed by atoms with Crippen molar-refractivity contribution in [2.75, 3.05) is 12.4 Å². The number of benzene rings is 2. The van der Waals surface area contributed by atoms with Crippen molar-refractivity contribution in [3.8, 4) is 17.0 Å². The van der Waals surface area contributed by atoms with Crippen LogP contribution in [0.25, 0.3) is 27.8 Å². The van der Waals surface area contributed by atoms with Gasteiger partial charge >= 0.3 is 0 Å². The largest absolute Gasteiger partial charge is 0.497 e. The molecule has 3 heterocycles. The van der Waals surface area contributed by atoms with E-state index in [4.69, 9.17) is 9.72 Å². The minimum atomic E-state index is 0.692. The van der Waals surface area contributed by atoms with E-state index in [2.05, 4.69) is 39.6 Å². The number of fused-ring (bicyclic) bond motifs is 2. The van der Waals surface area contributed by atoms with Crippen LogP contribution >= 0.6 is 0 Å². The van der Waals surface area contributed by atoms with Gasteiger partial charge in [0.25, 0.3) is 0 Å². The SMILES string of the molecule is COc1cccc(Nc2nc(-c3ccc4cc[nH]c4c3)cn3ccnc23)c1. The van der Waals surface area contributed by atoms with E-state index in [1.54, 1.807) is 13.3 Å². The standard InChI is InChI=1S/C21H17N5O/c1-27-17-4-2-3-16(12-17)24-20-21-23-9-10-26(21)13-19(25-20)15-6-5-14-7-8-22-18(14)11-15/h2-13,22H,1H3,(H,24,25). The first-order chi connectivity index (χ1) is 13.3. The van der Waals surface area contributed by atoms with Gasteiger partial charge in [-0.1, -0.05) is 18.2 Å². The second-order valence-electron chi connectivity index (χ2n) is 6.27. The van der Waals surface area contributed by atoms with E-state index in [-0.39, 0.29) is 0 Å². The molecule has 0 radical (unpaired) electrons. The van der Waals surface area contributed by atoms with Gasteiger partial charge in [-0.05, 0) is 29.7 Å². The molecular formula is C21H17N5O. The van der Waals surface area contributed by atoms with Gasteiger partial charge in [0.2, 0.25) is 0 Å². The van der Waals surface area contributed by atoms with Crippen LogP contribution in [-0.2, 0) is 0 Å². The van der Waals surface area contributed by atoms with Crippen LogP contribution in [0.15, 0.2) is 73.3 Å². The van der Waals surface area contributed by atoms with Crippen molar-refractivity contribution in [2.24, 2.45) is 0 Å². The van der Waals surface area contributed by atoms with Gasteiger partial charge in [-0.25, -0.2) is 9.97 Å². The van der Waals surface area contributed by atoms with Gasteiger partial charge in [0.05, 0.1) is 12.8 Å². The highest BCUT2D eigenvalue weighted by atomic mass is 16.5. The zero-order valence-electron chi connectivity index (χ0n) is 14.7. The molecule has 5 aromatic rings. The quantitative estimate of drug-likeness (QED) is 0.493. The van der Waals surface area contributed by atoms with Crippen LogP contribution < -0.4 is 10.1 Å². The summed E-state index contributed by atoms with van der Waals surface area (Å²) in [6, 6.07) is 16.1. The van der Waals surface area contributed by atoms with Crippen molar-refractivity contribution in [3.05, 3.63) is 73.3 Å². The number of anilines is 2. The lowest BCUT2D eigenvalue weighted by Crippen LogP contribution is -2.00. The molecule has 132 valence electrons. The third kappa shape index (κ3) is 2.77. The van der Waals surface area contributed by atoms with E-state index >= 15 is 0 Å². The molecule has 0 aliphatic carbocycles. The summed E-state index contributed by atoms with van der Waals surface area (Å²) in [6.45, 7) is 0. The summed E-state index contributed by atoms with van der Waals surface area (Å²) in [5.74, 6) is 1.48. The maximum atomic E-state index is 5.31. The first-order valence-corrected chi connectivity index (χ1v) is 8.62. The number of methoxy groups -OCH3 is 1. The molecule has 3 aromatic heterocycles. The second-order valence-corrected chi connectivity index (χ2v) is 6.27. The van der Waals surface area contributed by atoms with Gasteiger partial charge in [-0.15, -0.1) is 0 Å². The zero-order chi connectivity index (χ0) is 18.2. The molecule has 6 heteroatoms. The van der Waals surface area contributed by atoms with Crippen LogP contribution in [0.3, 0.4) is 0 Å². The molecule has 5 rings (SSSR count). The average molecular weight is 355 g/mol. The highest BCUT2D eigenvalue weighted by Gasteiger charge is 2.10. The second kappa shape index (κ2) is 6.17. The van der Waals surface area contributed by atoms with Crippen LogP contribution in [-0.4, -0.2) is 26.5 Å². The zero-order valence-corrected chi connectivity index (χ0v) is 14.7. The number of H-pyrrole nitrogens is 1. The molecule has 0 fully saturated rings. The first-order valence-electron chi connectivity index (χ1n) is 8.62. The molecule has 0 aliphatic rings. The Bertz CT molecular complexity index is 1250. The Balaban J connectivity index is 1.62. The number of hydrogen-bond donors (Lipinski definition) is 2. The predicted octanol–water partition coefficient (Wildman–Crippen LogP) is 4.63. The number of aromatic nitrogens is 4. The first kappa shape index (κ1) is 15.5. The van der Waals surface area contributed by atoms with Crippen molar-refractivity contribution in [2.45, 2.75) is 0 Å². The number of aromatic amines is 1. The Labute approximate surface area is 155 Å². The van der Waals surface area contributed by atoms with Crippen LogP contribution in [0.4, 0.5) is 11.5 Å². The number of rotatable bonds is 4. The monoisotopic (exact) mass is 355 g/mol. The lowest BCUT2D eigenvalue weighted by molar-refractivity contribution is 0.415. The predicted molar refractivity (Wildman–Crippen MR) is 107 cm³/mol. The Morgan fingerprint density at radius 3 is 3.00 bits per heavy atom. The van der Waals surface area contributed by atoms with E-state index in [1.807, 2.05) is 47.3 Å². The summed E-state index contributed by atoms with van der Waals surface area (Å²) >= 11 is 0. The van der Waals surface area contributed by atoms with Crippen LogP contribution in [0, 0.1) is 0 Å². The molecule has 0 spiro atoms. The minimum Gasteiger partial charge on any atom is -0.497 e. The van der Waals surface area contributed by atoms with E-state index < -0.39 is 0 Å². The minimum absolute atomic E-state index is 0.692. The Morgan fingerprint density at radius 1 is 1.11 bits per heavy atom. The van der Waals surface area contributed by atoms with Crippen molar-refractivity contribution < 1.29 is 4.74 Å². The van der Waals surface area contributed by atoms with E-state index in [1.165, 1.54) is 5.39 Å². The molecule has 0 aliphatic heterocycles. The smallest absolute Gasteiger partial charge is 0.180 e. The normalized spacial score (nSPS) is 11.1. The van der Waals surface area contributed by atoms with Crippen LogP contribution in [0.1, 0.15) is 0 Å². The fraction of sp³-hybridized carbons (Fsp3) is 0.0476. The molecule has 2 aromatic carbocycles. The van der Waals surface area contributed by atoms with Gasteiger partial charge < -0.3 is 19.4 Å². The molecular weight excluding hydrogens is 338 g/mol. The Kier molecular flexibility index (Phi) is 3.53. The Hall–Kier alpha value is -3.80. The molecule has 2 N–H and O–H groups in total.